The van der Waals surface area contributed by atoms with E-state index in [0.717, 1.165) is 0 Å². The van der Waals surface area contributed by atoms with Crippen LogP contribution in [0.25, 0.3) is 0 Å². The van der Waals surface area contributed by atoms with Gasteiger partial charge >= 0.3 is 12.1 Å². The van der Waals surface area contributed by atoms with Crippen LogP contribution in [-0.2, 0) is 35.3 Å². The molecule has 1 aromatic carbocycles. The van der Waals surface area contributed by atoms with Gasteiger partial charge in [-0.05, 0) is 49.8 Å². The maximum absolute atomic E-state index is 13.6. The number of fused-ring (bicyclic) bond motifs is 1. The summed E-state index contributed by atoms with van der Waals surface area (Å²) in [6, 6.07) is 5.45. The van der Waals surface area contributed by atoms with Gasteiger partial charge < -0.3 is 10.0 Å². The molecule has 0 bridgehead atoms. The maximum atomic E-state index is 13.6. The molecule has 1 saturated carbocycles. The van der Waals surface area contributed by atoms with Crippen molar-refractivity contribution in [3.63, 3.8) is 0 Å². The number of amides is 1. The first-order chi connectivity index (χ1) is 15.1. The normalized spacial score (nSPS) is 21.3. The van der Waals surface area contributed by atoms with Gasteiger partial charge in [-0.15, -0.1) is 0 Å². The monoisotopic (exact) mass is 453 g/mol. The van der Waals surface area contributed by atoms with Gasteiger partial charge in [-0.3, -0.25) is 14.3 Å². The summed E-state index contributed by atoms with van der Waals surface area (Å²) in [4.78, 5) is 25.7. The Hall–Kier alpha value is -2.91. The molecule has 0 radical (unpaired) electrons. The maximum Gasteiger partial charge on any atom is 0.435 e. The van der Waals surface area contributed by atoms with Gasteiger partial charge in [-0.25, -0.2) is 4.39 Å². The Bertz CT molecular complexity index is 1010. The largest absolute Gasteiger partial charge is 0.481 e. The van der Waals surface area contributed by atoms with Crippen molar-refractivity contribution in [1.29, 1.82) is 0 Å². The van der Waals surface area contributed by atoms with E-state index in [1.165, 1.54) is 28.9 Å². The third-order valence-electron chi connectivity index (χ3n) is 6.39. The average Bonchev–Trinajstić information content (AvgIpc) is 3.13. The van der Waals surface area contributed by atoms with Crippen molar-refractivity contribution in [3.8, 4) is 0 Å². The lowest BCUT2D eigenvalue weighted by molar-refractivity contribution is -0.146. The number of aliphatic carboxylic acids is 1. The first kappa shape index (κ1) is 22.3. The number of carboxylic acids is 1. The Kier molecular flexibility index (Phi) is 5.96. The van der Waals surface area contributed by atoms with Gasteiger partial charge in [-0.2, -0.15) is 18.3 Å². The first-order valence-electron chi connectivity index (χ1n) is 10.5. The molecule has 1 aliphatic heterocycles. The van der Waals surface area contributed by atoms with Crippen LogP contribution in [0.1, 0.15) is 48.2 Å². The van der Waals surface area contributed by atoms with Gasteiger partial charge in [-0.1, -0.05) is 12.1 Å². The zero-order chi connectivity index (χ0) is 23.0. The van der Waals surface area contributed by atoms with E-state index in [2.05, 4.69) is 5.10 Å². The molecule has 0 unspecified atom stereocenters. The third-order valence-corrected chi connectivity index (χ3v) is 6.39. The van der Waals surface area contributed by atoms with E-state index in [4.69, 9.17) is 5.11 Å². The summed E-state index contributed by atoms with van der Waals surface area (Å²) in [5.74, 6) is -2.21. The number of alkyl halides is 3. The molecular weight excluding hydrogens is 430 g/mol. The van der Waals surface area contributed by atoms with Crippen LogP contribution < -0.4 is 0 Å². The van der Waals surface area contributed by atoms with Gasteiger partial charge in [0.25, 0.3) is 0 Å². The smallest absolute Gasteiger partial charge is 0.435 e. The molecule has 1 aromatic heterocycles. The first-order valence-corrected chi connectivity index (χ1v) is 10.5. The molecule has 1 aliphatic carbocycles. The van der Waals surface area contributed by atoms with Gasteiger partial charge in [0, 0.05) is 18.0 Å². The zero-order valence-electron chi connectivity index (χ0n) is 17.2. The molecule has 1 fully saturated rings. The van der Waals surface area contributed by atoms with E-state index in [9.17, 15) is 27.2 Å². The molecule has 10 heteroatoms. The second-order valence-corrected chi connectivity index (χ2v) is 8.45. The van der Waals surface area contributed by atoms with Crippen LogP contribution >= 0.6 is 0 Å². The van der Waals surface area contributed by atoms with E-state index in [0.29, 0.717) is 36.9 Å². The fourth-order valence-electron chi connectivity index (χ4n) is 4.64. The molecule has 172 valence electrons. The Morgan fingerprint density at radius 2 is 1.69 bits per heavy atom. The summed E-state index contributed by atoms with van der Waals surface area (Å²) in [5, 5.41) is 12.9. The van der Waals surface area contributed by atoms with Crippen molar-refractivity contribution < 1.29 is 32.3 Å². The lowest BCUT2D eigenvalue weighted by Crippen LogP contribution is -2.42. The molecule has 2 aliphatic rings. The summed E-state index contributed by atoms with van der Waals surface area (Å²) in [6.45, 7) is 0.206. The molecule has 1 N–H and O–H groups in total. The van der Waals surface area contributed by atoms with Crippen molar-refractivity contribution in [2.24, 2.45) is 11.8 Å². The number of hydrogen-bond donors (Lipinski definition) is 1. The molecule has 2 aromatic rings. The van der Waals surface area contributed by atoms with E-state index < -0.39 is 29.6 Å². The number of carbonyl (C=O) groups excluding carboxylic acids is 1. The van der Waals surface area contributed by atoms with Crippen molar-refractivity contribution in [1.82, 2.24) is 14.7 Å². The number of halogens is 4. The van der Waals surface area contributed by atoms with E-state index >= 15 is 0 Å². The van der Waals surface area contributed by atoms with E-state index in [-0.39, 0.29) is 43.4 Å². The van der Waals surface area contributed by atoms with Crippen molar-refractivity contribution >= 4 is 11.9 Å². The Morgan fingerprint density at radius 3 is 2.28 bits per heavy atom. The summed E-state index contributed by atoms with van der Waals surface area (Å²) in [7, 11) is 0. The van der Waals surface area contributed by atoms with Crippen LogP contribution in [0.15, 0.2) is 24.3 Å². The number of hydrogen-bond acceptors (Lipinski definition) is 3. The van der Waals surface area contributed by atoms with Crippen molar-refractivity contribution in [3.05, 3.63) is 52.6 Å². The van der Waals surface area contributed by atoms with Gasteiger partial charge in [0.15, 0.2) is 5.69 Å². The lowest BCUT2D eigenvalue weighted by Gasteiger charge is -2.33. The van der Waals surface area contributed by atoms with Crippen molar-refractivity contribution in [2.45, 2.75) is 51.4 Å². The predicted molar refractivity (Wildman–Crippen MR) is 105 cm³/mol. The molecule has 0 saturated heterocycles. The lowest BCUT2D eigenvalue weighted by atomic mass is 9.81. The Morgan fingerprint density at radius 1 is 1.06 bits per heavy atom. The SMILES string of the molecule is O=C(O)[C@H]1CC[C@@H](C(=O)N2CCc3c(C(F)(F)F)nn(Cc4ccc(F)cc4)c3C2)CC1. The number of aromatic nitrogens is 2. The fraction of sp³-hybridized carbons (Fsp3) is 0.500. The molecule has 0 spiro atoms. The molecule has 6 nitrogen and oxygen atoms in total. The van der Waals surface area contributed by atoms with Crippen LogP contribution in [-0.4, -0.2) is 38.2 Å². The highest BCUT2D eigenvalue weighted by Gasteiger charge is 2.41. The highest BCUT2D eigenvalue weighted by Crippen LogP contribution is 2.36. The van der Waals surface area contributed by atoms with Gasteiger partial charge in [0.1, 0.15) is 5.82 Å². The second kappa shape index (κ2) is 8.55. The zero-order valence-corrected chi connectivity index (χ0v) is 17.2. The van der Waals surface area contributed by atoms with Crippen LogP contribution in [0.3, 0.4) is 0 Å². The standard InChI is InChI=1S/C22H23F4N3O3/c23-16-7-1-13(2-8-16)11-29-18-12-28(10-9-17(18)19(27-29)22(24,25)26)20(30)14-3-5-15(6-4-14)21(31)32/h1-2,7-8,14-15H,3-6,9-12H2,(H,31,32)/t14-,15+. The summed E-state index contributed by atoms with van der Waals surface area (Å²) in [5.41, 5.74) is 0.0864. The minimum atomic E-state index is -4.61. The summed E-state index contributed by atoms with van der Waals surface area (Å²) < 4.78 is 55.2. The number of rotatable bonds is 4. The fourth-order valence-corrected chi connectivity index (χ4v) is 4.64. The van der Waals surface area contributed by atoms with Crippen LogP contribution in [0.4, 0.5) is 17.6 Å². The molecule has 4 rings (SSSR count). The minimum absolute atomic E-state index is 0.0112. The molecule has 2 heterocycles. The number of nitrogens with zero attached hydrogens (tertiary/aromatic N) is 3. The van der Waals surface area contributed by atoms with Crippen LogP contribution in [0.2, 0.25) is 0 Å². The third kappa shape index (κ3) is 4.49. The Balaban J connectivity index is 1.55. The number of carbonyl (C=O) groups is 2. The predicted octanol–water partition coefficient (Wildman–Crippen LogP) is 3.87. The number of carboxylic acid groups (broad SMARTS) is 1. The minimum Gasteiger partial charge on any atom is -0.481 e. The highest BCUT2D eigenvalue weighted by atomic mass is 19.4. The molecule has 0 atom stereocenters. The van der Waals surface area contributed by atoms with Crippen molar-refractivity contribution in [2.75, 3.05) is 6.54 Å². The van der Waals surface area contributed by atoms with E-state index in [1.54, 1.807) is 4.90 Å². The quantitative estimate of drug-likeness (QED) is 0.714. The molecular formula is C22H23F4N3O3. The van der Waals surface area contributed by atoms with Gasteiger partial charge in [0.2, 0.25) is 5.91 Å². The van der Waals surface area contributed by atoms with Gasteiger partial charge in [0.05, 0.1) is 24.7 Å². The average molecular weight is 453 g/mol. The van der Waals surface area contributed by atoms with Crippen LogP contribution in [0, 0.1) is 17.7 Å². The summed E-state index contributed by atoms with van der Waals surface area (Å²) in [6.07, 6.45) is -2.80. The Labute approximate surface area is 181 Å². The second-order valence-electron chi connectivity index (χ2n) is 8.45. The summed E-state index contributed by atoms with van der Waals surface area (Å²) >= 11 is 0. The molecule has 32 heavy (non-hydrogen) atoms. The van der Waals surface area contributed by atoms with E-state index in [1.807, 2.05) is 0 Å². The molecule has 1 amide bonds. The number of benzene rings is 1. The topological polar surface area (TPSA) is 75.4 Å². The van der Waals surface area contributed by atoms with Crippen LogP contribution in [0.5, 0.6) is 0 Å². The highest BCUT2D eigenvalue weighted by molar-refractivity contribution is 5.79.